The number of ether oxygens (including phenoxy) is 1. The van der Waals surface area contributed by atoms with Crippen LogP contribution in [0.1, 0.15) is 18.1 Å². The molecule has 0 heterocycles. The van der Waals surface area contributed by atoms with E-state index in [-0.39, 0.29) is 4.91 Å². The van der Waals surface area contributed by atoms with Crippen LogP contribution in [0, 0.1) is 0 Å². The minimum absolute atomic E-state index is 0.0192. The van der Waals surface area contributed by atoms with Crippen molar-refractivity contribution in [1.82, 2.24) is 0 Å². The molecule has 1 N–H and O–H groups in total. The lowest BCUT2D eigenvalue weighted by Gasteiger charge is -2.12. The summed E-state index contributed by atoms with van der Waals surface area (Å²) in [5.74, 6) is -0.402. The smallest absolute Gasteiger partial charge is 0.342 e. The molecule has 2 rings (SSSR count). The molecule has 0 unspecified atom stereocenters. The van der Waals surface area contributed by atoms with Crippen molar-refractivity contribution in [1.29, 1.82) is 0 Å². The number of carboxylic acids is 1. The highest BCUT2D eigenvalue weighted by Crippen LogP contribution is 2.29. The van der Waals surface area contributed by atoms with Gasteiger partial charge in [0.15, 0.2) is 0 Å². The maximum atomic E-state index is 11.0. The van der Waals surface area contributed by atoms with Crippen LogP contribution in [0.3, 0.4) is 0 Å². The van der Waals surface area contributed by atoms with Gasteiger partial charge in [-0.1, -0.05) is 48.5 Å². The van der Waals surface area contributed by atoms with Gasteiger partial charge in [-0.05, 0) is 24.1 Å². The van der Waals surface area contributed by atoms with E-state index in [9.17, 15) is 4.79 Å². The van der Waals surface area contributed by atoms with E-state index < -0.39 is 5.97 Å². The number of allylic oxidation sites excluding steroid dienone is 1. The number of aliphatic carboxylic acids is 1. The van der Waals surface area contributed by atoms with Crippen molar-refractivity contribution in [3.8, 4) is 5.75 Å². The molecule has 0 aromatic heterocycles. The van der Waals surface area contributed by atoms with Gasteiger partial charge in [-0.2, -0.15) is 0 Å². The monoisotopic (exact) mass is 300 g/mol. The molecular formula is C17H16O3S. The van der Waals surface area contributed by atoms with Crippen molar-refractivity contribution < 1.29 is 14.6 Å². The van der Waals surface area contributed by atoms with Crippen LogP contribution >= 0.6 is 12.6 Å². The van der Waals surface area contributed by atoms with E-state index in [1.807, 2.05) is 54.6 Å². The average molecular weight is 300 g/mol. The normalized spacial score (nSPS) is 11.7. The van der Waals surface area contributed by atoms with Crippen molar-refractivity contribution in [3.63, 3.8) is 0 Å². The van der Waals surface area contributed by atoms with E-state index in [0.717, 1.165) is 11.1 Å². The number of rotatable bonds is 5. The molecule has 21 heavy (non-hydrogen) atoms. The van der Waals surface area contributed by atoms with Crippen molar-refractivity contribution in [2.45, 2.75) is 13.5 Å². The Labute approximate surface area is 129 Å². The molecule has 0 fully saturated rings. The van der Waals surface area contributed by atoms with Crippen molar-refractivity contribution in [3.05, 3.63) is 70.6 Å². The summed E-state index contributed by atoms with van der Waals surface area (Å²) < 4.78 is 5.81. The van der Waals surface area contributed by atoms with Crippen LogP contribution in [-0.4, -0.2) is 11.1 Å². The third-order valence-electron chi connectivity index (χ3n) is 3.09. The second kappa shape index (κ2) is 6.99. The van der Waals surface area contributed by atoms with Gasteiger partial charge in [0.05, 0.1) is 4.91 Å². The fourth-order valence-corrected chi connectivity index (χ4v) is 2.05. The molecule has 0 radical (unpaired) electrons. The Morgan fingerprint density at radius 1 is 1.10 bits per heavy atom. The summed E-state index contributed by atoms with van der Waals surface area (Å²) in [4.78, 5) is 11.0. The molecule has 0 aliphatic carbocycles. The molecule has 0 aliphatic rings. The highest BCUT2D eigenvalue weighted by molar-refractivity contribution is 7.85. The number of hydrogen-bond acceptors (Lipinski definition) is 3. The van der Waals surface area contributed by atoms with E-state index in [4.69, 9.17) is 9.84 Å². The molecule has 4 heteroatoms. The van der Waals surface area contributed by atoms with Gasteiger partial charge in [0.1, 0.15) is 12.4 Å². The maximum absolute atomic E-state index is 11.0. The molecule has 108 valence electrons. The lowest BCUT2D eigenvalue weighted by Crippen LogP contribution is -2.01. The Bertz CT molecular complexity index is 663. The summed E-state index contributed by atoms with van der Waals surface area (Å²) in [6.45, 7) is 2.15. The molecule has 0 atom stereocenters. The van der Waals surface area contributed by atoms with Crippen LogP contribution in [0.2, 0.25) is 0 Å². The Kier molecular flexibility index (Phi) is 5.06. The second-order valence-electron chi connectivity index (χ2n) is 4.55. The number of benzene rings is 2. The number of para-hydroxylation sites is 1. The van der Waals surface area contributed by atoms with E-state index in [0.29, 0.717) is 17.9 Å². The molecule has 0 saturated heterocycles. The summed E-state index contributed by atoms with van der Waals surface area (Å²) in [6, 6.07) is 17.2. The van der Waals surface area contributed by atoms with Crippen LogP contribution in [0.5, 0.6) is 5.75 Å². The van der Waals surface area contributed by atoms with E-state index in [2.05, 4.69) is 12.6 Å². The Morgan fingerprint density at radius 2 is 1.71 bits per heavy atom. The molecule has 2 aromatic rings. The number of hydrogen-bond donors (Lipinski definition) is 2. The quantitative estimate of drug-likeness (QED) is 0.648. The fourth-order valence-electron chi connectivity index (χ4n) is 1.93. The number of thiol groups is 1. The molecule has 0 saturated carbocycles. The van der Waals surface area contributed by atoms with E-state index >= 15 is 0 Å². The molecule has 0 aliphatic heterocycles. The Balaban J connectivity index is 2.25. The molecule has 0 amide bonds. The largest absolute Gasteiger partial charge is 0.488 e. The zero-order chi connectivity index (χ0) is 15.2. The Hall–Kier alpha value is -2.20. The minimum Gasteiger partial charge on any atom is -0.488 e. The van der Waals surface area contributed by atoms with Crippen LogP contribution < -0.4 is 4.74 Å². The first-order valence-electron chi connectivity index (χ1n) is 6.49. The van der Waals surface area contributed by atoms with Crippen LogP contribution in [0.15, 0.2) is 59.5 Å². The summed E-state index contributed by atoms with van der Waals surface area (Å²) in [7, 11) is 0. The third-order valence-corrected chi connectivity index (χ3v) is 3.61. The second-order valence-corrected chi connectivity index (χ2v) is 5.00. The van der Waals surface area contributed by atoms with Crippen molar-refractivity contribution in [2.75, 3.05) is 0 Å². The highest BCUT2D eigenvalue weighted by Gasteiger charge is 2.12. The summed E-state index contributed by atoms with van der Waals surface area (Å²) in [6.07, 6.45) is 0. The van der Waals surface area contributed by atoms with Crippen LogP contribution in [-0.2, 0) is 11.4 Å². The molecule has 0 spiro atoms. The zero-order valence-corrected chi connectivity index (χ0v) is 12.5. The lowest BCUT2D eigenvalue weighted by molar-refractivity contribution is -0.131. The van der Waals surface area contributed by atoms with Crippen LogP contribution in [0.25, 0.3) is 5.57 Å². The van der Waals surface area contributed by atoms with Gasteiger partial charge in [-0.3, -0.25) is 0 Å². The summed E-state index contributed by atoms with van der Waals surface area (Å²) >= 11 is 4.04. The van der Waals surface area contributed by atoms with E-state index in [1.165, 1.54) is 0 Å². The zero-order valence-electron chi connectivity index (χ0n) is 11.6. The van der Waals surface area contributed by atoms with Gasteiger partial charge in [-0.25, -0.2) is 4.79 Å². The molecule has 2 aromatic carbocycles. The number of carbonyl (C=O) groups is 1. The topological polar surface area (TPSA) is 46.5 Å². The lowest BCUT2D eigenvalue weighted by atomic mass is 10.1. The predicted molar refractivity (Wildman–Crippen MR) is 86.4 cm³/mol. The molecule has 0 bridgehead atoms. The first-order chi connectivity index (χ1) is 10.1. The third kappa shape index (κ3) is 3.89. The van der Waals surface area contributed by atoms with Crippen molar-refractivity contribution in [2.24, 2.45) is 0 Å². The first kappa shape index (κ1) is 15.2. The first-order valence-corrected chi connectivity index (χ1v) is 6.93. The minimum atomic E-state index is -1.05. The SMILES string of the molecule is C/C(=C(/S)C(=O)O)c1ccccc1OCc1ccccc1. The maximum Gasteiger partial charge on any atom is 0.342 e. The Morgan fingerprint density at radius 3 is 2.38 bits per heavy atom. The summed E-state index contributed by atoms with van der Waals surface area (Å²) in [5, 5.41) is 9.04. The van der Waals surface area contributed by atoms with Gasteiger partial charge >= 0.3 is 5.97 Å². The predicted octanol–water partition coefficient (Wildman–Crippen LogP) is 4.01. The average Bonchev–Trinajstić information content (AvgIpc) is 2.52. The fraction of sp³-hybridized carbons (Fsp3) is 0.118. The molecule has 3 nitrogen and oxygen atoms in total. The van der Waals surface area contributed by atoms with Gasteiger partial charge in [0, 0.05) is 5.56 Å². The van der Waals surface area contributed by atoms with E-state index in [1.54, 1.807) is 6.92 Å². The van der Waals surface area contributed by atoms with Gasteiger partial charge in [-0.15, -0.1) is 12.6 Å². The standard InChI is InChI=1S/C17H16O3S/c1-12(16(21)17(18)19)14-9-5-6-10-15(14)20-11-13-7-3-2-4-8-13/h2-10,21H,11H2,1H3,(H,18,19)/b16-12-. The highest BCUT2D eigenvalue weighted by atomic mass is 32.1. The summed E-state index contributed by atoms with van der Waals surface area (Å²) in [5.41, 5.74) is 2.37. The van der Waals surface area contributed by atoms with Crippen LogP contribution in [0.4, 0.5) is 0 Å². The molecular weight excluding hydrogens is 284 g/mol. The van der Waals surface area contributed by atoms with Gasteiger partial charge < -0.3 is 9.84 Å². The van der Waals surface area contributed by atoms with Gasteiger partial charge in [0.25, 0.3) is 0 Å². The van der Waals surface area contributed by atoms with Crippen molar-refractivity contribution >= 4 is 24.2 Å². The number of carboxylic acid groups (broad SMARTS) is 1. The van der Waals surface area contributed by atoms with Gasteiger partial charge in [0.2, 0.25) is 0 Å².